The normalized spacial score (nSPS) is 32.4. The zero-order valence-electron chi connectivity index (χ0n) is 18.2. The van der Waals surface area contributed by atoms with Gasteiger partial charge in [-0.3, -0.25) is 0 Å². The zero-order chi connectivity index (χ0) is 23.7. The summed E-state index contributed by atoms with van der Waals surface area (Å²) in [7, 11) is 0. The monoisotopic (exact) mass is 466 g/mol. The van der Waals surface area contributed by atoms with Crippen molar-refractivity contribution in [2.24, 2.45) is 5.92 Å². The second-order valence-corrected chi connectivity index (χ2v) is 8.47. The first-order valence-corrected chi connectivity index (χ1v) is 11.3. The first-order valence-electron chi connectivity index (χ1n) is 11.3. The summed E-state index contributed by atoms with van der Waals surface area (Å²) in [6, 6.07) is 0. The highest BCUT2D eigenvalue weighted by atomic mass is 16.7. The van der Waals surface area contributed by atoms with E-state index < -0.39 is 67.8 Å². The Labute approximate surface area is 187 Å². The van der Waals surface area contributed by atoms with Crippen molar-refractivity contribution in [1.82, 2.24) is 0 Å². The van der Waals surface area contributed by atoms with Crippen molar-refractivity contribution >= 4 is 0 Å². The van der Waals surface area contributed by atoms with Gasteiger partial charge in [-0.05, 0) is 18.8 Å². The maximum atomic E-state index is 10.4. The van der Waals surface area contributed by atoms with Crippen LogP contribution in [0.25, 0.3) is 0 Å². The Morgan fingerprint density at radius 2 is 1.62 bits per heavy atom. The van der Waals surface area contributed by atoms with Crippen molar-refractivity contribution in [3.05, 3.63) is 11.5 Å². The lowest BCUT2D eigenvalue weighted by Crippen LogP contribution is -2.59. The van der Waals surface area contributed by atoms with Crippen molar-refractivity contribution in [3.8, 4) is 0 Å². The minimum absolute atomic E-state index is 0.174. The van der Waals surface area contributed by atoms with E-state index in [0.717, 1.165) is 6.42 Å². The van der Waals surface area contributed by atoms with Gasteiger partial charge in [0.25, 0.3) is 0 Å². The van der Waals surface area contributed by atoms with Crippen LogP contribution in [0.2, 0.25) is 0 Å². The highest BCUT2D eigenvalue weighted by Crippen LogP contribution is 2.28. The highest BCUT2D eigenvalue weighted by Gasteiger charge is 2.45. The van der Waals surface area contributed by atoms with Gasteiger partial charge in [0.05, 0.1) is 13.2 Å². The number of aliphatic hydroxyl groups excluding tert-OH is 8. The van der Waals surface area contributed by atoms with Gasteiger partial charge >= 0.3 is 0 Å². The summed E-state index contributed by atoms with van der Waals surface area (Å²) < 4.78 is 15.8. The fourth-order valence-corrected chi connectivity index (χ4v) is 4.14. The van der Waals surface area contributed by atoms with Gasteiger partial charge < -0.3 is 55.1 Å². The van der Waals surface area contributed by atoms with Gasteiger partial charge in [0.15, 0.2) is 17.8 Å². The lowest BCUT2D eigenvalue weighted by atomic mass is 9.86. The Morgan fingerprint density at radius 3 is 2.25 bits per heavy atom. The number of hydrogen-bond donors (Lipinski definition) is 8. The van der Waals surface area contributed by atoms with E-state index in [9.17, 15) is 40.9 Å². The van der Waals surface area contributed by atoms with Crippen LogP contribution in [0.4, 0.5) is 0 Å². The van der Waals surface area contributed by atoms with Gasteiger partial charge in [-0.25, -0.2) is 0 Å². The molecule has 2 aliphatic rings. The van der Waals surface area contributed by atoms with E-state index in [-0.39, 0.29) is 13.0 Å². The molecule has 1 heterocycles. The summed E-state index contributed by atoms with van der Waals surface area (Å²) in [5, 5.41) is 78.9. The molecule has 2 fully saturated rings. The van der Waals surface area contributed by atoms with E-state index in [1.54, 1.807) is 0 Å². The predicted molar refractivity (Wildman–Crippen MR) is 110 cm³/mol. The van der Waals surface area contributed by atoms with E-state index in [4.69, 9.17) is 14.2 Å². The first-order chi connectivity index (χ1) is 15.3. The molecule has 188 valence electrons. The third-order valence-electron chi connectivity index (χ3n) is 6.10. The van der Waals surface area contributed by atoms with Crippen LogP contribution in [0.5, 0.6) is 0 Å². The van der Waals surface area contributed by atoms with Crippen molar-refractivity contribution < 1.29 is 55.1 Å². The van der Waals surface area contributed by atoms with Crippen LogP contribution in [-0.2, 0) is 14.2 Å². The molecule has 0 radical (unpaired) electrons. The predicted octanol–water partition coefficient (Wildman–Crippen LogP) is -0.423. The molecule has 1 aliphatic heterocycles. The van der Waals surface area contributed by atoms with Gasteiger partial charge in [-0.15, -0.1) is 0 Å². The molecule has 2 rings (SSSR count). The molecule has 0 bridgehead atoms. The molecule has 0 aromatic rings. The van der Waals surface area contributed by atoms with Crippen LogP contribution in [0, 0.1) is 5.92 Å². The molecular weight excluding hydrogens is 428 g/mol. The molecule has 11 nitrogen and oxygen atoms in total. The topological polar surface area (TPSA) is 190 Å². The number of aliphatic hydroxyl groups is 8. The van der Waals surface area contributed by atoms with Crippen LogP contribution in [0.3, 0.4) is 0 Å². The molecule has 8 N–H and O–H groups in total. The Kier molecular flexibility index (Phi) is 11.6. The third-order valence-corrected chi connectivity index (χ3v) is 6.10. The summed E-state index contributed by atoms with van der Waals surface area (Å²) >= 11 is 0. The summed E-state index contributed by atoms with van der Waals surface area (Å²) in [5.74, 6) is -1.11. The van der Waals surface area contributed by atoms with Crippen molar-refractivity contribution in [2.45, 2.75) is 94.5 Å². The average Bonchev–Trinajstić information content (AvgIpc) is 2.81. The maximum absolute atomic E-state index is 10.4. The van der Waals surface area contributed by atoms with Crippen molar-refractivity contribution in [3.63, 3.8) is 0 Å². The second-order valence-electron chi connectivity index (χ2n) is 8.47. The Bertz CT molecular complexity index is 564. The van der Waals surface area contributed by atoms with Gasteiger partial charge in [-0.1, -0.05) is 32.1 Å². The smallest absolute Gasteiger partial charge is 0.217 e. The van der Waals surface area contributed by atoms with E-state index in [1.807, 2.05) is 0 Å². The lowest BCUT2D eigenvalue weighted by molar-refractivity contribution is -0.311. The van der Waals surface area contributed by atoms with Crippen LogP contribution in [-0.4, -0.2) is 104 Å². The molecule has 1 aliphatic carbocycles. The minimum Gasteiger partial charge on any atom is -0.506 e. The number of rotatable bonds is 12. The van der Waals surface area contributed by atoms with Gasteiger partial charge in [0.1, 0.15) is 30.5 Å². The van der Waals surface area contributed by atoms with Gasteiger partial charge in [-0.2, -0.15) is 0 Å². The molecule has 1 saturated heterocycles. The molecular formula is C21H38O11. The maximum Gasteiger partial charge on any atom is 0.217 e. The molecule has 0 spiro atoms. The van der Waals surface area contributed by atoms with Crippen molar-refractivity contribution in [1.29, 1.82) is 0 Å². The molecule has 1 saturated carbocycles. The zero-order valence-corrected chi connectivity index (χ0v) is 18.2. The fraction of sp³-hybridized carbons (Fsp3) is 0.905. The Balaban J connectivity index is 1.92. The number of hydrogen-bond acceptors (Lipinski definition) is 11. The summed E-state index contributed by atoms with van der Waals surface area (Å²) in [6.45, 7) is -0.985. The first kappa shape index (κ1) is 27.2. The Morgan fingerprint density at radius 1 is 0.938 bits per heavy atom. The van der Waals surface area contributed by atoms with Crippen LogP contribution in [0.15, 0.2) is 11.5 Å². The van der Waals surface area contributed by atoms with Crippen LogP contribution in [0.1, 0.15) is 51.4 Å². The standard InChI is InChI=1S/C21H38O11/c22-9-8-13(31-21-19(28)17(26)16(25)14(11-23)32-21)15(24)18(27)20(29)30-10-4-7-12-5-2-1-3-6-12/h12-14,16-17,19-29H,1-11H2/b18-15+/t13-,14?,16-,17?,19?,20+,21+/m1/s1. The largest absolute Gasteiger partial charge is 0.506 e. The van der Waals surface area contributed by atoms with Crippen molar-refractivity contribution in [2.75, 3.05) is 19.8 Å². The Hall–Kier alpha value is -1.02. The van der Waals surface area contributed by atoms with E-state index in [2.05, 4.69) is 0 Å². The fourth-order valence-electron chi connectivity index (χ4n) is 4.14. The molecule has 0 amide bonds. The molecule has 3 unspecified atom stereocenters. The molecule has 0 aromatic heterocycles. The average molecular weight is 467 g/mol. The highest BCUT2D eigenvalue weighted by molar-refractivity contribution is 5.07. The summed E-state index contributed by atoms with van der Waals surface area (Å²) in [4.78, 5) is 0. The van der Waals surface area contributed by atoms with Gasteiger partial charge in [0.2, 0.25) is 6.29 Å². The minimum atomic E-state index is -1.82. The van der Waals surface area contributed by atoms with E-state index >= 15 is 0 Å². The van der Waals surface area contributed by atoms with Crippen LogP contribution < -0.4 is 0 Å². The molecule has 0 aromatic carbocycles. The molecule has 7 atom stereocenters. The van der Waals surface area contributed by atoms with Crippen LogP contribution >= 0.6 is 0 Å². The second kappa shape index (κ2) is 13.6. The molecule has 11 heteroatoms. The van der Waals surface area contributed by atoms with E-state index in [0.29, 0.717) is 12.3 Å². The SMILES string of the molecule is OCC[C@@H](O[C@H]1OC(CO)[C@@H](O)C(O)C1O)/C(O)=C(\O)[C@@H](O)OCCCC1CCCCC1. The molecule has 32 heavy (non-hydrogen) atoms. The lowest BCUT2D eigenvalue weighted by Gasteiger charge is -2.40. The van der Waals surface area contributed by atoms with Gasteiger partial charge in [0, 0.05) is 13.0 Å². The third kappa shape index (κ3) is 7.51. The summed E-state index contributed by atoms with van der Waals surface area (Å²) in [5.41, 5.74) is 0. The van der Waals surface area contributed by atoms with E-state index in [1.165, 1.54) is 32.1 Å². The summed E-state index contributed by atoms with van der Waals surface area (Å²) in [6.07, 6.45) is -3.59. The quantitative estimate of drug-likeness (QED) is 0.106. The number of ether oxygens (including phenoxy) is 3.